The van der Waals surface area contributed by atoms with Gasteiger partial charge in [-0.2, -0.15) is 0 Å². The fourth-order valence-corrected chi connectivity index (χ4v) is 2.10. The van der Waals surface area contributed by atoms with Crippen LogP contribution in [0.3, 0.4) is 0 Å². The maximum Gasteiger partial charge on any atom is 0.246 e. The van der Waals surface area contributed by atoms with Crippen molar-refractivity contribution >= 4 is 17.3 Å². The van der Waals surface area contributed by atoms with Crippen LogP contribution in [-0.4, -0.2) is 19.1 Å². The summed E-state index contributed by atoms with van der Waals surface area (Å²) in [6.07, 6.45) is 0. The molecule has 2 aromatic carbocycles. The summed E-state index contributed by atoms with van der Waals surface area (Å²) in [5.74, 6) is -4.96. The number of anilines is 2. The molecule has 0 saturated heterocycles. The van der Waals surface area contributed by atoms with E-state index in [4.69, 9.17) is 4.74 Å². The summed E-state index contributed by atoms with van der Waals surface area (Å²) in [4.78, 5) is 12.1. The van der Waals surface area contributed by atoms with Crippen LogP contribution in [0.5, 0.6) is 0 Å². The zero-order chi connectivity index (χ0) is 17.7. The third-order valence-electron chi connectivity index (χ3n) is 3.31. The van der Waals surface area contributed by atoms with Crippen molar-refractivity contribution in [3.8, 4) is 0 Å². The predicted octanol–water partition coefficient (Wildman–Crippen LogP) is 3.69. The average Bonchev–Trinajstić information content (AvgIpc) is 2.56. The lowest BCUT2D eigenvalue weighted by Crippen LogP contribution is -2.32. The quantitative estimate of drug-likeness (QED) is 0.790. The normalized spacial score (nSPS) is 11.9. The summed E-state index contributed by atoms with van der Waals surface area (Å²) in [7, 11) is 1.58. The van der Waals surface area contributed by atoms with E-state index in [0.29, 0.717) is 12.3 Å². The van der Waals surface area contributed by atoms with E-state index in [0.717, 1.165) is 17.7 Å². The van der Waals surface area contributed by atoms with Crippen LogP contribution in [0.2, 0.25) is 0 Å². The van der Waals surface area contributed by atoms with Gasteiger partial charge in [0.1, 0.15) is 6.04 Å². The lowest BCUT2D eigenvalue weighted by atomic mass is 10.2. The molecule has 0 aromatic heterocycles. The highest BCUT2D eigenvalue weighted by atomic mass is 19.2. The second kappa shape index (κ2) is 7.83. The Morgan fingerprint density at radius 2 is 1.92 bits per heavy atom. The van der Waals surface area contributed by atoms with Gasteiger partial charge in [-0.15, -0.1) is 0 Å². The zero-order valence-electron chi connectivity index (χ0n) is 13.2. The second-order valence-corrected chi connectivity index (χ2v) is 5.21. The fourth-order valence-electron chi connectivity index (χ4n) is 2.10. The standard InChI is InChI=1S/C17H17F3N2O2/c1-10(21-12-5-3-4-11(8-12)9-24-2)17(23)22-14-7-6-13(18)15(19)16(14)20/h3-8,10,21H,9H2,1-2H3,(H,22,23)/t10-/m1/s1. The Bertz CT molecular complexity index is 738. The van der Waals surface area contributed by atoms with Crippen LogP contribution in [0, 0.1) is 17.5 Å². The van der Waals surface area contributed by atoms with E-state index in [1.54, 1.807) is 26.2 Å². The lowest BCUT2D eigenvalue weighted by Gasteiger charge is -2.16. The summed E-state index contributed by atoms with van der Waals surface area (Å²) in [5.41, 5.74) is 1.18. The molecule has 0 unspecified atom stereocenters. The van der Waals surface area contributed by atoms with Crippen LogP contribution in [0.15, 0.2) is 36.4 Å². The van der Waals surface area contributed by atoms with Crippen molar-refractivity contribution in [2.45, 2.75) is 19.6 Å². The van der Waals surface area contributed by atoms with Gasteiger partial charge in [-0.25, -0.2) is 13.2 Å². The minimum Gasteiger partial charge on any atom is -0.380 e. The lowest BCUT2D eigenvalue weighted by molar-refractivity contribution is -0.116. The number of nitrogens with one attached hydrogen (secondary N) is 2. The van der Waals surface area contributed by atoms with Crippen molar-refractivity contribution in [3.63, 3.8) is 0 Å². The van der Waals surface area contributed by atoms with E-state index in [-0.39, 0.29) is 0 Å². The summed E-state index contributed by atoms with van der Waals surface area (Å²) in [6.45, 7) is 1.99. The number of benzene rings is 2. The van der Waals surface area contributed by atoms with Crippen molar-refractivity contribution in [3.05, 3.63) is 59.4 Å². The predicted molar refractivity (Wildman–Crippen MR) is 85.2 cm³/mol. The van der Waals surface area contributed by atoms with Crippen LogP contribution < -0.4 is 10.6 Å². The molecular weight excluding hydrogens is 321 g/mol. The number of carbonyl (C=O) groups is 1. The first-order valence-electron chi connectivity index (χ1n) is 7.21. The Kier molecular flexibility index (Phi) is 5.81. The highest BCUT2D eigenvalue weighted by molar-refractivity contribution is 5.96. The molecule has 7 heteroatoms. The van der Waals surface area contributed by atoms with Crippen molar-refractivity contribution in [2.75, 3.05) is 17.7 Å². The smallest absolute Gasteiger partial charge is 0.246 e. The molecule has 0 saturated carbocycles. The van der Waals surface area contributed by atoms with E-state index in [1.165, 1.54) is 0 Å². The number of ether oxygens (including phenoxy) is 1. The molecule has 128 valence electrons. The Morgan fingerprint density at radius 3 is 2.62 bits per heavy atom. The summed E-state index contributed by atoms with van der Waals surface area (Å²) < 4.78 is 44.7. The highest BCUT2D eigenvalue weighted by Crippen LogP contribution is 2.20. The van der Waals surface area contributed by atoms with Crippen LogP contribution in [0.25, 0.3) is 0 Å². The molecule has 0 aliphatic heterocycles. The molecule has 24 heavy (non-hydrogen) atoms. The molecule has 2 N–H and O–H groups in total. The van der Waals surface area contributed by atoms with Crippen molar-refractivity contribution < 1.29 is 22.7 Å². The van der Waals surface area contributed by atoms with E-state index >= 15 is 0 Å². The van der Waals surface area contributed by atoms with Gasteiger partial charge in [-0.05, 0) is 36.8 Å². The van der Waals surface area contributed by atoms with Crippen molar-refractivity contribution in [1.82, 2.24) is 0 Å². The van der Waals surface area contributed by atoms with Gasteiger partial charge in [0.25, 0.3) is 0 Å². The molecule has 0 fully saturated rings. The molecule has 1 atom stereocenters. The van der Waals surface area contributed by atoms with E-state index < -0.39 is 35.1 Å². The number of methoxy groups -OCH3 is 1. The number of halogens is 3. The molecule has 0 bridgehead atoms. The van der Waals surface area contributed by atoms with Crippen LogP contribution in [-0.2, 0) is 16.1 Å². The van der Waals surface area contributed by atoms with Gasteiger partial charge in [0.15, 0.2) is 17.5 Å². The maximum atomic E-state index is 13.6. The fraction of sp³-hybridized carbons (Fsp3) is 0.235. The first-order valence-corrected chi connectivity index (χ1v) is 7.21. The van der Waals surface area contributed by atoms with Gasteiger partial charge >= 0.3 is 0 Å². The van der Waals surface area contributed by atoms with Gasteiger partial charge in [-0.3, -0.25) is 4.79 Å². The number of rotatable bonds is 6. The Balaban J connectivity index is 2.05. The molecule has 0 spiro atoms. The number of amides is 1. The van der Waals surface area contributed by atoms with E-state index in [1.807, 2.05) is 12.1 Å². The summed E-state index contributed by atoms with van der Waals surface area (Å²) >= 11 is 0. The molecule has 2 rings (SSSR count). The van der Waals surface area contributed by atoms with Gasteiger partial charge in [0, 0.05) is 12.8 Å². The Morgan fingerprint density at radius 1 is 1.17 bits per heavy atom. The van der Waals surface area contributed by atoms with Crippen LogP contribution in [0.4, 0.5) is 24.5 Å². The molecule has 0 aliphatic rings. The SMILES string of the molecule is COCc1cccc(N[C@H](C)C(=O)Nc2ccc(F)c(F)c2F)c1. The van der Waals surface area contributed by atoms with Crippen molar-refractivity contribution in [1.29, 1.82) is 0 Å². The van der Waals surface area contributed by atoms with Crippen LogP contribution in [0.1, 0.15) is 12.5 Å². The Hall–Kier alpha value is -2.54. The zero-order valence-corrected chi connectivity index (χ0v) is 13.2. The van der Waals surface area contributed by atoms with E-state index in [2.05, 4.69) is 10.6 Å². The largest absolute Gasteiger partial charge is 0.380 e. The molecule has 4 nitrogen and oxygen atoms in total. The molecule has 0 heterocycles. The highest BCUT2D eigenvalue weighted by Gasteiger charge is 2.18. The average molecular weight is 338 g/mol. The first-order chi connectivity index (χ1) is 11.4. The maximum absolute atomic E-state index is 13.6. The minimum atomic E-state index is -1.62. The monoisotopic (exact) mass is 338 g/mol. The summed E-state index contributed by atoms with van der Waals surface area (Å²) in [5, 5.41) is 5.18. The molecule has 2 aromatic rings. The first kappa shape index (κ1) is 17.8. The molecular formula is C17H17F3N2O2. The second-order valence-electron chi connectivity index (χ2n) is 5.21. The number of hydrogen-bond donors (Lipinski definition) is 2. The third kappa shape index (κ3) is 4.26. The van der Waals surface area contributed by atoms with Crippen molar-refractivity contribution in [2.24, 2.45) is 0 Å². The molecule has 0 aliphatic carbocycles. The number of hydrogen-bond acceptors (Lipinski definition) is 3. The van der Waals surface area contributed by atoms with Crippen LogP contribution >= 0.6 is 0 Å². The minimum absolute atomic E-state index is 0.416. The Labute approximate surface area is 137 Å². The van der Waals surface area contributed by atoms with Gasteiger partial charge in [0.05, 0.1) is 12.3 Å². The van der Waals surface area contributed by atoms with Gasteiger partial charge in [0.2, 0.25) is 5.91 Å². The van der Waals surface area contributed by atoms with Gasteiger partial charge in [-0.1, -0.05) is 12.1 Å². The third-order valence-corrected chi connectivity index (χ3v) is 3.31. The van der Waals surface area contributed by atoms with Gasteiger partial charge < -0.3 is 15.4 Å². The topological polar surface area (TPSA) is 50.4 Å². The van der Waals surface area contributed by atoms with E-state index in [9.17, 15) is 18.0 Å². The summed E-state index contributed by atoms with van der Waals surface area (Å²) in [6, 6.07) is 8.24. The number of carbonyl (C=O) groups excluding carboxylic acids is 1. The molecule has 1 amide bonds. The molecule has 0 radical (unpaired) electrons.